The highest BCUT2D eigenvalue weighted by molar-refractivity contribution is 5.91. The number of nitrogens with zero attached hydrogens (tertiary/aromatic N) is 2. The molecule has 1 aromatic rings. The molecule has 1 aromatic carbocycles. The van der Waals surface area contributed by atoms with Crippen LogP contribution in [0.15, 0.2) is 24.3 Å². The lowest BCUT2D eigenvalue weighted by Crippen LogP contribution is -2.50. The Kier molecular flexibility index (Phi) is 3.89. The van der Waals surface area contributed by atoms with Crippen molar-refractivity contribution in [3.05, 3.63) is 29.8 Å². The first-order chi connectivity index (χ1) is 9.81. The Labute approximate surface area is 119 Å². The quantitative estimate of drug-likeness (QED) is 0.895. The molecule has 5 nitrogen and oxygen atoms in total. The molecule has 0 unspecified atom stereocenters. The Morgan fingerprint density at radius 2 is 2.00 bits per heavy atom. The standard InChI is InChI=1S/C15H21N3O2/c1-20-18-14-5-3-2-4-12(14)8-11-17(15(18)19)13-6-9-16-10-7-13/h2-5,13,16H,6-11H2,1H3. The zero-order chi connectivity index (χ0) is 13.9. The van der Waals surface area contributed by atoms with Gasteiger partial charge in [-0.25, -0.2) is 4.79 Å². The lowest BCUT2D eigenvalue weighted by Gasteiger charge is -2.35. The molecule has 108 valence electrons. The molecule has 2 heterocycles. The van der Waals surface area contributed by atoms with Crippen LogP contribution in [0.25, 0.3) is 0 Å². The summed E-state index contributed by atoms with van der Waals surface area (Å²) in [5, 5.41) is 4.78. The van der Waals surface area contributed by atoms with E-state index in [1.807, 2.05) is 23.1 Å². The van der Waals surface area contributed by atoms with Crippen molar-refractivity contribution < 1.29 is 9.63 Å². The molecule has 3 rings (SSSR count). The van der Waals surface area contributed by atoms with Gasteiger partial charge >= 0.3 is 6.03 Å². The highest BCUT2D eigenvalue weighted by Gasteiger charge is 2.33. The van der Waals surface area contributed by atoms with E-state index >= 15 is 0 Å². The maximum Gasteiger partial charge on any atom is 0.349 e. The van der Waals surface area contributed by atoms with Gasteiger partial charge in [0.25, 0.3) is 0 Å². The van der Waals surface area contributed by atoms with Crippen LogP contribution in [0.2, 0.25) is 0 Å². The first-order valence-electron chi connectivity index (χ1n) is 7.24. The third kappa shape index (κ3) is 2.39. The Bertz CT molecular complexity index is 486. The third-order valence-electron chi connectivity index (χ3n) is 4.18. The first kappa shape index (κ1) is 13.4. The van der Waals surface area contributed by atoms with Crippen LogP contribution < -0.4 is 10.4 Å². The second-order valence-corrected chi connectivity index (χ2v) is 5.31. The van der Waals surface area contributed by atoms with Crippen molar-refractivity contribution in [3.8, 4) is 0 Å². The maximum absolute atomic E-state index is 12.7. The lowest BCUT2D eigenvalue weighted by atomic mass is 10.0. The van der Waals surface area contributed by atoms with E-state index in [2.05, 4.69) is 11.4 Å². The topological polar surface area (TPSA) is 44.8 Å². The normalized spacial score (nSPS) is 20.8. The summed E-state index contributed by atoms with van der Waals surface area (Å²) < 4.78 is 0. The third-order valence-corrected chi connectivity index (χ3v) is 4.18. The molecule has 0 radical (unpaired) electrons. The van der Waals surface area contributed by atoms with Crippen LogP contribution >= 0.6 is 0 Å². The van der Waals surface area contributed by atoms with E-state index in [1.165, 1.54) is 10.6 Å². The molecular formula is C15H21N3O2. The molecule has 0 bridgehead atoms. The van der Waals surface area contributed by atoms with Gasteiger partial charge in [0, 0.05) is 12.6 Å². The molecule has 0 spiro atoms. The van der Waals surface area contributed by atoms with Gasteiger partial charge in [0.15, 0.2) is 0 Å². The van der Waals surface area contributed by atoms with Crippen LogP contribution in [0, 0.1) is 0 Å². The van der Waals surface area contributed by atoms with Gasteiger partial charge in [-0.3, -0.25) is 4.84 Å². The summed E-state index contributed by atoms with van der Waals surface area (Å²) in [6, 6.07) is 8.25. The summed E-state index contributed by atoms with van der Waals surface area (Å²) in [6.07, 6.45) is 2.91. The molecule has 2 aliphatic heterocycles. The molecular weight excluding hydrogens is 254 g/mol. The average molecular weight is 275 g/mol. The summed E-state index contributed by atoms with van der Waals surface area (Å²) in [7, 11) is 1.56. The van der Waals surface area contributed by atoms with Crippen LogP contribution in [-0.2, 0) is 11.3 Å². The predicted octanol–water partition coefficient (Wildman–Crippen LogP) is 1.78. The molecule has 2 aliphatic rings. The molecule has 0 aliphatic carbocycles. The second kappa shape index (κ2) is 5.81. The number of piperidine rings is 1. The molecule has 0 aromatic heterocycles. The van der Waals surface area contributed by atoms with Gasteiger partial charge in [-0.05, 0) is 44.0 Å². The minimum atomic E-state index is -0.0376. The highest BCUT2D eigenvalue weighted by Crippen LogP contribution is 2.27. The summed E-state index contributed by atoms with van der Waals surface area (Å²) in [5.41, 5.74) is 2.04. The van der Waals surface area contributed by atoms with Crippen LogP contribution in [0.3, 0.4) is 0 Å². The number of hydroxylamine groups is 1. The molecule has 20 heavy (non-hydrogen) atoms. The van der Waals surface area contributed by atoms with Gasteiger partial charge in [-0.15, -0.1) is 0 Å². The van der Waals surface area contributed by atoms with E-state index in [9.17, 15) is 4.79 Å². The lowest BCUT2D eigenvalue weighted by molar-refractivity contribution is 0.119. The van der Waals surface area contributed by atoms with Crippen molar-refractivity contribution in [1.29, 1.82) is 0 Å². The number of benzene rings is 1. The minimum Gasteiger partial charge on any atom is -0.319 e. The monoisotopic (exact) mass is 275 g/mol. The molecule has 5 heteroatoms. The van der Waals surface area contributed by atoms with Crippen molar-refractivity contribution in [2.75, 3.05) is 31.8 Å². The van der Waals surface area contributed by atoms with Crippen molar-refractivity contribution in [2.45, 2.75) is 25.3 Å². The van der Waals surface area contributed by atoms with Gasteiger partial charge in [-0.2, -0.15) is 5.06 Å². The fraction of sp³-hybridized carbons (Fsp3) is 0.533. The fourth-order valence-electron chi connectivity index (χ4n) is 3.11. The molecule has 0 saturated carbocycles. The number of hydrogen-bond donors (Lipinski definition) is 1. The Hall–Kier alpha value is -1.59. The number of hydrogen-bond acceptors (Lipinski definition) is 3. The largest absolute Gasteiger partial charge is 0.349 e. The highest BCUT2D eigenvalue weighted by atomic mass is 16.7. The summed E-state index contributed by atoms with van der Waals surface area (Å²) in [5.74, 6) is 0. The fourth-order valence-corrected chi connectivity index (χ4v) is 3.11. The Morgan fingerprint density at radius 3 is 2.75 bits per heavy atom. The number of carbonyl (C=O) groups is 1. The van der Waals surface area contributed by atoms with Gasteiger partial charge in [0.05, 0.1) is 12.8 Å². The maximum atomic E-state index is 12.7. The summed E-state index contributed by atoms with van der Waals surface area (Å²) in [6.45, 7) is 2.73. The Balaban J connectivity index is 1.88. The molecule has 1 N–H and O–H groups in total. The number of nitrogens with one attached hydrogen (secondary N) is 1. The number of carbonyl (C=O) groups excluding carboxylic acids is 1. The zero-order valence-electron chi connectivity index (χ0n) is 11.8. The molecule has 2 amide bonds. The molecule has 1 saturated heterocycles. The number of anilines is 1. The van der Waals surface area contributed by atoms with Crippen molar-refractivity contribution in [1.82, 2.24) is 10.2 Å². The predicted molar refractivity (Wildman–Crippen MR) is 77.6 cm³/mol. The zero-order valence-corrected chi connectivity index (χ0v) is 11.8. The van der Waals surface area contributed by atoms with Crippen LogP contribution in [0.4, 0.5) is 10.5 Å². The summed E-state index contributed by atoms with van der Waals surface area (Å²) in [4.78, 5) is 20.1. The van der Waals surface area contributed by atoms with E-state index in [4.69, 9.17) is 4.84 Å². The van der Waals surface area contributed by atoms with Crippen molar-refractivity contribution in [2.24, 2.45) is 0 Å². The van der Waals surface area contributed by atoms with Crippen LogP contribution in [0.1, 0.15) is 18.4 Å². The van der Waals surface area contributed by atoms with E-state index in [0.29, 0.717) is 6.04 Å². The van der Waals surface area contributed by atoms with Crippen LogP contribution in [-0.4, -0.2) is 43.7 Å². The number of fused-ring (bicyclic) bond motifs is 1. The van der Waals surface area contributed by atoms with Gasteiger partial charge in [-0.1, -0.05) is 18.2 Å². The molecule has 0 atom stereocenters. The number of para-hydroxylation sites is 1. The second-order valence-electron chi connectivity index (χ2n) is 5.31. The van der Waals surface area contributed by atoms with Crippen molar-refractivity contribution >= 4 is 11.7 Å². The SMILES string of the molecule is CON1C(=O)N(C2CCNCC2)CCc2ccccc21. The van der Waals surface area contributed by atoms with Gasteiger partial charge in [0.1, 0.15) is 0 Å². The first-order valence-corrected chi connectivity index (χ1v) is 7.24. The smallest absolute Gasteiger partial charge is 0.319 e. The van der Waals surface area contributed by atoms with Crippen molar-refractivity contribution in [3.63, 3.8) is 0 Å². The van der Waals surface area contributed by atoms with Crippen LogP contribution in [0.5, 0.6) is 0 Å². The summed E-state index contributed by atoms with van der Waals surface area (Å²) >= 11 is 0. The van der Waals surface area contributed by atoms with E-state index in [1.54, 1.807) is 7.11 Å². The number of amides is 2. The van der Waals surface area contributed by atoms with E-state index in [0.717, 1.165) is 44.6 Å². The van der Waals surface area contributed by atoms with E-state index < -0.39 is 0 Å². The number of urea groups is 1. The van der Waals surface area contributed by atoms with Gasteiger partial charge < -0.3 is 10.2 Å². The minimum absolute atomic E-state index is 0.0376. The number of rotatable bonds is 2. The average Bonchev–Trinajstić information content (AvgIpc) is 2.64. The van der Waals surface area contributed by atoms with Gasteiger partial charge in [0.2, 0.25) is 0 Å². The molecule has 1 fully saturated rings. The Morgan fingerprint density at radius 1 is 1.25 bits per heavy atom. The van der Waals surface area contributed by atoms with E-state index in [-0.39, 0.29) is 6.03 Å².